The Bertz CT molecular complexity index is 344. The lowest BCUT2D eigenvalue weighted by Gasteiger charge is -2.37. The van der Waals surface area contributed by atoms with Gasteiger partial charge in [0.05, 0.1) is 5.92 Å². The SMILES string of the molecule is FC(F)(F)C1CCC(NC2CCCC2C2CCCCN2)CC1. The molecule has 22 heavy (non-hydrogen) atoms. The minimum absolute atomic E-state index is 0.299. The molecular weight excluding hydrogens is 289 g/mol. The van der Waals surface area contributed by atoms with Gasteiger partial charge in [-0.2, -0.15) is 13.2 Å². The van der Waals surface area contributed by atoms with Crippen molar-refractivity contribution >= 4 is 0 Å². The smallest absolute Gasteiger partial charge is 0.314 e. The predicted molar refractivity (Wildman–Crippen MR) is 81.7 cm³/mol. The summed E-state index contributed by atoms with van der Waals surface area (Å²) >= 11 is 0. The average Bonchev–Trinajstić information content (AvgIpc) is 2.96. The Morgan fingerprint density at radius 3 is 2.23 bits per heavy atom. The summed E-state index contributed by atoms with van der Waals surface area (Å²) in [6, 6.07) is 1.44. The second-order valence-electron chi connectivity index (χ2n) is 7.51. The normalized spacial score (nSPS) is 40.8. The molecule has 1 saturated heterocycles. The summed E-state index contributed by atoms with van der Waals surface area (Å²) in [5.41, 5.74) is 0. The predicted octanol–water partition coefficient (Wildman–Crippen LogP) is 4.01. The lowest BCUT2D eigenvalue weighted by molar-refractivity contribution is -0.182. The van der Waals surface area contributed by atoms with Crippen LogP contribution in [0.25, 0.3) is 0 Å². The molecule has 0 aromatic heterocycles. The maximum absolute atomic E-state index is 12.7. The number of nitrogens with one attached hydrogen (secondary N) is 2. The number of alkyl halides is 3. The van der Waals surface area contributed by atoms with E-state index >= 15 is 0 Å². The first-order valence-corrected chi connectivity index (χ1v) is 9.10. The van der Waals surface area contributed by atoms with Gasteiger partial charge in [-0.25, -0.2) is 0 Å². The third kappa shape index (κ3) is 3.97. The van der Waals surface area contributed by atoms with Crippen molar-refractivity contribution in [1.29, 1.82) is 0 Å². The Labute approximate surface area is 131 Å². The van der Waals surface area contributed by atoms with Crippen LogP contribution in [0.3, 0.4) is 0 Å². The summed E-state index contributed by atoms with van der Waals surface area (Å²) < 4.78 is 38.2. The molecule has 5 heteroatoms. The molecule has 3 rings (SSSR count). The van der Waals surface area contributed by atoms with E-state index in [-0.39, 0.29) is 0 Å². The van der Waals surface area contributed by atoms with Gasteiger partial charge in [0.15, 0.2) is 0 Å². The third-order valence-electron chi connectivity index (χ3n) is 6.07. The van der Waals surface area contributed by atoms with Crippen LogP contribution in [0.4, 0.5) is 13.2 Å². The van der Waals surface area contributed by atoms with Gasteiger partial charge in [-0.1, -0.05) is 12.8 Å². The molecule has 0 bridgehead atoms. The minimum Gasteiger partial charge on any atom is -0.314 e. The highest BCUT2D eigenvalue weighted by molar-refractivity contribution is 4.94. The van der Waals surface area contributed by atoms with E-state index < -0.39 is 12.1 Å². The van der Waals surface area contributed by atoms with E-state index in [9.17, 15) is 13.2 Å². The van der Waals surface area contributed by atoms with Crippen molar-refractivity contribution in [2.75, 3.05) is 6.54 Å². The molecule has 0 radical (unpaired) electrons. The molecule has 3 atom stereocenters. The maximum Gasteiger partial charge on any atom is 0.391 e. The van der Waals surface area contributed by atoms with Crippen LogP contribution in [0.5, 0.6) is 0 Å². The lowest BCUT2D eigenvalue weighted by atomic mass is 9.83. The summed E-state index contributed by atoms with van der Waals surface area (Å²) in [5.74, 6) is -0.384. The second-order valence-corrected chi connectivity index (χ2v) is 7.51. The van der Waals surface area contributed by atoms with Crippen LogP contribution in [0.1, 0.15) is 64.2 Å². The Morgan fingerprint density at radius 1 is 0.818 bits per heavy atom. The lowest BCUT2D eigenvalue weighted by Crippen LogP contribution is -2.50. The minimum atomic E-state index is -3.99. The van der Waals surface area contributed by atoms with Gasteiger partial charge in [0.2, 0.25) is 0 Å². The zero-order valence-electron chi connectivity index (χ0n) is 13.3. The van der Waals surface area contributed by atoms with Gasteiger partial charge in [-0.3, -0.25) is 0 Å². The summed E-state index contributed by atoms with van der Waals surface area (Å²) in [6.45, 7) is 1.13. The molecule has 0 aromatic rings. The van der Waals surface area contributed by atoms with Crippen molar-refractivity contribution in [3.63, 3.8) is 0 Å². The molecule has 0 aromatic carbocycles. The summed E-state index contributed by atoms with van der Waals surface area (Å²) in [5, 5.41) is 7.40. The van der Waals surface area contributed by atoms with Gasteiger partial charge < -0.3 is 10.6 Å². The van der Waals surface area contributed by atoms with Gasteiger partial charge in [0.25, 0.3) is 0 Å². The highest BCUT2D eigenvalue weighted by Crippen LogP contribution is 2.38. The number of piperidine rings is 1. The fraction of sp³-hybridized carbons (Fsp3) is 1.00. The van der Waals surface area contributed by atoms with Crippen LogP contribution < -0.4 is 10.6 Å². The monoisotopic (exact) mass is 318 g/mol. The van der Waals surface area contributed by atoms with Gasteiger partial charge in [0, 0.05) is 18.1 Å². The largest absolute Gasteiger partial charge is 0.391 e. The summed E-state index contributed by atoms with van der Waals surface area (Å²) in [7, 11) is 0. The van der Waals surface area contributed by atoms with Crippen molar-refractivity contribution in [2.24, 2.45) is 11.8 Å². The van der Waals surface area contributed by atoms with Crippen molar-refractivity contribution in [1.82, 2.24) is 10.6 Å². The van der Waals surface area contributed by atoms with Crippen molar-refractivity contribution in [2.45, 2.75) is 88.5 Å². The van der Waals surface area contributed by atoms with E-state index in [4.69, 9.17) is 0 Å². The quantitative estimate of drug-likeness (QED) is 0.821. The molecule has 2 N–H and O–H groups in total. The first kappa shape index (κ1) is 16.6. The maximum atomic E-state index is 12.7. The molecular formula is C17H29F3N2. The number of hydrogen-bond acceptors (Lipinski definition) is 2. The molecule has 0 spiro atoms. The van der Waals surface area contributed by atoms with E-state index in [2.05, 4.69) is 10.6 Å². The highest BCUT2D eigenvalue weighted by atomic mass is 19.4. The first-order chi connectivity index (χ1) is 10.5. The average molecular weight is 318 g/mol. The highest BCUT2D eigenvalue weighted by Gasteiger charge is 2.42. The first-order valence-electron chi connectivity index (χ1n) is 9.10. The van der Waals surface area contributed by atoms with Crippen LogP contribution in [0.15, 0.2) is 0 Å². The second kappa shape index (κ2) is 7.08. The zero-order chi connectivity index (χ0) is 15.6. The van der Waals surface area contributed by atoms with Gasteiger partial charge in [0.1, 0.15) is 0 Å². The number of hydrogen-bond donors (Lipinski definition) is 2. The van der Waals surface area contributed by atoms with Crippen LogP contribution in [0, 0.1) is 11.8 Å². The van der Waals surface area contributed by atoms with Gasteiger partial charge >= 0.3 is 6.18 Å². The molecule has 3 unspecified atom stereocenters. The Morgan fingerprint density at radius 2 is 1.59 bits per heavy atom. The molecule has 2 aliphatic carbocycles. The number of rotatable bonds is 3. The van der Waals surface area contributed by atoms with Crippen molar-refractivity contribution in [3.05, 3.63) is 0 Å². The van der Waals surface area contributed by atoms with E-state index in [1.807, 2.05) is 0 Å². The molecule has 2 nitrogen and oxygen atoms in total. The van der Waals surface area contributed by atoms with E-state index in [1.54, 1.807) is 0 Å². The third-order valence-corrected chi connectivity index (χ3v) is 6.07. The molecule has 3 fully saturated rings. The molecule has 1 heterocycles. The van der Waals surface area contributed by atoms with Crippen molar-refractivity contribution in [3.8, 4) is 0 Å². The number of halogens is 3. The van der Waals surface area contributed by atoms with E-state index in [0.717, 1.165) is 6.54 Å². The standard InChI is InChI=1S/C17H29F3N2/c18-17(19,20)12-7-9-13(10-8-12)22-16-6-3-4-14(16)15-5-1-2-11-21-15/h12-16,21-22H,1-11H2. The van der Waals surface area contributed by atoms with Gasteiger partial charge in [-0.15, -0.1) is 0 Å². The summed E-state index contributed by atoms with van der Waals surface area (Å²) in [6.07, 6.45) is 5.59. The van der Waals surface area contributed by atoms with Gasteiger partial charge in [-0.05, 0) is 63.8 Å². The fourth-order valence-corrected chi connectivity index (χ4v) is 4.81. The Hall–Kier alpha value is -0.290. The fourth-order valence-electron chi connectivity index (χ4n) is 4.81. The molecule has 128 valence electrons. The molecule has 2 saturated carbocycles. The van der Waals surface area contributed by atoms with Crippen LogP contribution >= 0.6 is 0 Å². The summed E-state index contributed by atoms with van der Waals surface area (Å²) in [4.78, 5) is 0. The van der Waals surface area contributed by atoms with E-state index in [0.29, 0.717) is 49.7 Å². The van der Waals surface area contributed by atoms with Crippen LogP contribution in [0.2, 0.25) is 0 Å². The van der Waals surface area contributed by atoms with Crippen LogP contribution in [-0.4, -0.2) is 30.8 Å². The molecule has 0 amide bonds. The van der Waals surface area contributed by atoms with Crippen molar-refractivity contribution < 1.29 is 13.2 Å². The zero-order valence-corrected chi connectivity index (χ0v) is 13.3. The van der Waals surface area contributed by atoms with Crippen LogP contribution in [-0.2, 0) is 0 Å². The Balaban J connectivity index is 1.48. The molecule has 3 aliphatic rings. The molecule has 1 aliphatic heterocycles. The topological polar surface area (TPSA) is 24.1 Å². The Kier molecular flexibility index (Phi) is 5.33. The van der Waals surface area contributed by atoms with E-state index in [1.165, 1.54) is 38.5 Å².